The lowest BCUT2D eigenvalue weighted by molar-refractivity contribution is -0.136. The highest BCUT2D eigenvalue weighted by Gasteiger charge is 2.14. The molecular formula is C17H15ClN2O4. The molecule has 0 bridgehead atoms. The monoisotopic (exact) mass is 346 g/mol. The van der Waals surface area contributed by atoms with E-state index >= 15 is 0 Å². The molecular weight excluding hydrogens is 332 g/mol. The summed E-state index contributed by atoms with van der Waals surface area (Å²) in [5, 5.41) is 5.52. The number of hydrogen-bond donors (Lipinski definition) is 2. The number of nitrogens with one attached hydrogen (secondary N) is 2. The predicted octanol–water partition coefficient (Wildman–Crippen LogP) is 2.38. The van der Waals surface area contributed by atoms with Crippen LogP contribution in [-0.2, 0) is 20.9 Å². The van der Waals surface area contributed by atoms with Crippen molar-refractivity contribution in [3.05, 3.63) is 64.7 Å². The van der Waals surface area contributed by atoms with Gasteiger partial charge in [-0.1, -0.05) is 29.8 Å². The van der Waals surface area contributed by atoms with Gasteiger partial charge in [0.15, 0.2) is 0 Å². The van der Waals surface area contributed by atoms with Gasteiger partial charge in [-0.25, -0.2) is 4.79 Å². The molecule has 0 aliphatic carbocycles. The minimum Gasteiger partial charge on any atom is -0.465 e. The summed E-state index contributed by atoms with van der Waals surface area (Å²) in [4.78, 5) is 35.1. The second kappa shape index (κ2) is 8.12. The maximum absolute atomic E-state index is 11.9. The zero-order chi connectivity index (χ0) is 17.5. The van der Waals surface area contributed by atoms with E-state index in [1.807, 2.05) is 0 Å². The van der Waals surface area contributed by atoms with Crippen LogP contribution in [0.1, 0.15) is 15.9 Å². The molecule has 0 radical (unpaired) electrons. The third kappa shape index (κ3) is 4.82. The van der Waals surface area contributed by atoms with Crippen LogP contribution in [0.15, 0.2) is 48.5 Å². The largest absolute Gasteiger partial charge is 0.465 e. The Hall–Kier alpha value is -2.86. The van der Waals surface area contributed by atoms with Crippen molar-refractivity contribution in [1.29, 1.82) is 0 Å². The molecule has 0 fully saturated rings. The number of hydrogen-bond acceptors (Lipinski definition) is 4. The number of methoxy groups -OCH3 is 1. The molecule has 0 unspecified atom stereocenters. The highest BCUT2D eigenvalue weighted by Crippen LogP contribution is 2.12. The molecule has 0 atom stereocenters. The fourth-order valence-electron chi connectivity index (χ4n) is 1.89. The van der Waals surface area contributed by atoms with Crippen molar-refractivity contribution in [3.63, 3.8) is 0 Å². The fourth-order valence-corrected chi connectivity index (χ4v) is 2.02. The van der Waals surface area contributed by atoms with Gasteiger partial charge in [0.2, 0.25) is 0 Å². The Labute approximate surface area is 143 Å². The van der Waals surface area contributed by atoms with E-state index in [4.69, 9.17) is 11.6 Å². The van der Waals surface area contributed by atoms with Crippen molar-refractivity contribution in [2.24, 2.45) is 0 Å². The third-order valence-electron chi connectivity index (χ3n) is 3.11. The van der Waals surface area contributed by atoms with Crippen LogP contribution in [0.2, 0.25) is 5.02 Å². The Bertz CT molecular complexity index is 759. The lowest BCUT2D eigenvalue weighted by Gasteiger charge is -2.08. The number of ether oxygens (including phenoxy) is 1. The van der Waals surface area contributed by atoms with E-state index in [-0.39, 0.29) is 12.1 Å². The quantitative estimate of drug-likeness (QED) is 0.657. The van der Waals surface area contributed by atoms with Gasteiger partial charge >= 0.3 is 17.8 Å². The molecule has 2 aromatic carbocycles. The van der Waals surface area contributed by atoms with E-state index < -0.39 is 17.8 Å². The Morgan fingerprint density at radius 1 is 1.04 bits per heavy atom. The molecule has 0 saturated carbocycles. The van der Waals surface area contributed by atoms with Gasteiger partial charge in [0.05, 0.1) is 12.7 Å². The normalized spacial score (nSPS) is 9.92. The van der Waals surface area contributed by atoms with Crippen LogP contribution in [0.5, 0.6) is 0 Å². The Morgan fingerprint density at radius 2 is 1.75 bits per heavy atom. The van der Waals surface area contributed by atoms with Crippen LogP contribution in [0.3, 0.4) is 0 Å². The summed E-state index contributed by atoms with van der Waals surface area (Å²) >= 11 is 5.78. The molecule has 6 nitrogen and oxygen atoms in total. The zero-order valence-corrected chi connectivity index (χ0v) is 13.6. The summed E-state index contributed by atoms with van der Waals surface area (Å²) in [5.74, 6) is -2.14. The first-order valence-electron chi connectivity index (χ1n) is 7.01. The van der Waals surface area contributed by atoms with Crippen LogP contribution < -0.4 is 10.6 Å². The first-order valence-corrected chi connectivity index (χ1v) is 7.39. The van der Waals surface area contributed by atoms with E-state index in [1.54, 1.807) is 42.5 Å². The van der Waals surface area contributed by atoms with Gasteiger partial charge in [-0.3, -0.25) is 9.59 Å². The van der Waals surface area contributed by atoms with Gasteiger partial charge in [-0.15, -0.1) is 0 Å². The maximum atomic E-state index is 11.9. The molecule has 2 rings (SSSR count). The predicted molar refractivity (Wildman–Crippen MR) is 89.7 cm³/mol. The average molecular weight is 347 g/mol. The van der Waals surface area contributed by atoms with E-state index in [9.17, 15) is 14.4 Å². The van der Waals surface area contributed by atoms with Crippen LogP contribution >= 0.6 is 11.6 Å². The minimum atomic E-state index is -0.828. The fraction of sp³-hybridized carbons (Fsp3) is 0.118. The summed E-state index contributed by atoms with van der Waals surface area (Å²) in [6.07, 6.45) is 0. The van der Waals surface area contributed by atoms with E-state index in [1.165, 1.54) is 13.2 Å². The Morgan fingerprint density at radius 3 is 2.42 bits per heavy atom. The molecule has 0 saturated heterocycles. The number of carbonyl (C=O) groups excluding carboxylic acids is 3. The average Bonchev–Trinajstić information content (AvgIpc) is 2.60. The maximum Gasteiger partial charge on any atom is 0.337 e. The summed E-state index contributed by atoms with van der Waals surface area (Å²) < 4.78 is 4.60. The number of rotatable bonds is 4. The van der Waals surface area contributed by atoms with Gasteiger partial charge in [-0.2, -0.15) is 0 Å². The molecule has 7 heteroatoms. The number of carbonyl (C=O) groups is 3. The van der Waals surface area contributed by atoms with Crippen LogP contribution in [-0.4, -0.2) is 24.9 Å². The molecule has 0 heterocycles. The van der Waals surface area contributed by atoms with E-state index in [0.717, 1.165) is 5.56 Å². The number of benzene rings is 2. The SMILES string of the molecule is COC(=O)c1cccc(NC(=O)C(=O)NCc2ccc(Cl)cc2)c1. The molecule has 0 aliphatic rings. The first-order chi connectivity index (χ1) is 11.5. The second-order valence-corrected chi connectivity index (χ2v) is 5.27. The van der Waals surface area contributed by atoms with Crippen LogP contribution in [0.4, 0.5) is 5.69 Å². The molecule has 24 heavy (non-hydrogen) atoms. The topological polar surface area (TPSA) is 84.5 Å². The summed E-state index contributed by atoms with van der Waals surface area (Å²) in [5.41, 5.74) is 1.41. The van der Waals surface area contributed by atoms with Gasteiger partial charge in [-0.05, 0) is 35.9 Å². The van der Waals surface area contributed by atoms with Gasteiger partial charge in [0.25, 0.3) is 0 Å². The Balaban J connectivity index is 1.93. The van der Waals surface area contributed by atoms with Crippen LogP contribution in [0, 0.1) is 0 Å². The van der Waals surface area contributed by atoms with Gasteiger partial charge in [0.1, 0.15) is 0 Å². The van der Waals surface area contributed by atoms with Crippen molar-refractivity contribution >= 4 is 35.1 Å². The standard InChI is InChI=1S/C17H15ClN2O4/c1-24-17(23)12-3-2-4-14(9-12)20-16(22)15(21)19-10-11-5-7-13(18)8-6-11/h2-9H,10H2,1H3,(H,19,21)(H,20,22). The van der Waals surface area contributed by atoms with Crippen molar-refractivity contribution < 1.29 is 19.1 Å². The van der Waals surface area contributed by atoms with Gasteiger partial charge in [0, 0.05) is 17.3 Å². The summed E-state index contributed by atoms with van der Waals surface area (Å²) in [7, 11) is 1.26. The highest BCUT2D eigenvalue weighted by molar-refractivity contribution is 6.39. The molecule has 124 valence electrons. The summed E-state index contributed by atoms with van der Waals surface area (Å²) in [6.45, 7) is 0.200. The van der Waals surface area contributed by atoms with E-state index in [2.05, 4.69) is 15.4 Å². The van der Waals surface area contributed by atoms with E-state index in [0.29, 0.717) is 10.7 Å². The smallest absolute Gasteiger partial charge is 0.337 e. The van der Waals surface area contributed by atoms with Crippen molar-refractivity contribution in [2.45, 2.75) is 6.54 Å². The number of esters is 1. The lowest BCUT2D eigenvalue weighted by Crippen LogP contribution is -2.35. The molecule has 0 aliphatic heterocycles. The van der Waals surface area contributed by atoms with Crippen molar-refractivity contribution in [2.75, 3.05) is 12.4 Å². The first kappa shape index (κ1) is 17.5. The third-order valence-corrected chi connectivity index (χ3v) is 3.37. The lowest BCUT2D eigenvalue weighted by atomic mass is 10.2. The Kier molecular flexibility index (Phi) is 5.92. The molecule has 0 aromatic heterocycles. The summed E-state index contributed by atoms with van der Waals surface area (Å²) in [6, 6.07) is 13.0. The number of anilines is 1. The minimum absolute atomic E-state index is 0.200. The number of amides is 2. The molecule has 2 N–H and O–H groups in total. The van der Waals surface area contributed by atoms with Crippen molar-refractivity contribution in [3.8, 4) is 0 Å². The molecule has 2 aromatic rings. The second-order valence-electron chi connectivity index (χ2n) is 4.84. The van der Waals surface area contributed by atoms with Gasteiger partial charge < -0.3 is 15.4 Å². The molecule has 2 amide bonds. The van der Waals surface area contributed by atoms with Crippen molar-refractivity contribution in [1.82, 2.24) is 5.32 Å². The highest BCUT2D eigenvalue weighted by atomic mass is 35.5. The number of halogens is 1. The van der Waals surface area contributed by atoms with Crippen LogP contribution in [0.25, 0.3) is 0 Å². The zero-order valence-electron chi connectivity index (χ0n) is 12.8. The molecule has 0 spiro atoms.